The van der Waals surface area contributed by atoms with Crippen molar-refractivity contribution in [3.8, 4) is 22.3 Å². The Hall–Kier alpha value is -4.96. The van der Waals surface area contributed by atoms with Crippen LogP contribution >= 0.6 is 50.1 Å². The molecule has 9 radical (unpaired) electrons. The number of rotatable bonds is 15. The summed E-state index contributed by atoms with van der Waals surface area (Å²) in [7, 11) is 4.02. The van der Waals surface area contributed by atoms with Crippen LogP contribution in [-0.2, 0) is 30.9 Å². The van der Waals surface area contributed by atoms with Gasteiger partial charge < -0.3 is 24.3 Å². The van der Waals surface area contributed by atoms with Gasteiger partial charge in [0.25, 0.3) is 0 Å². The number of aromatic nitrogens is 10. The van der Waals surface area contributed by atoms with Crippen molar-refractivity contribution in [3.63, 3.8) is 0 Å². The van der Waals surface area contributed by atoms with E-state index in [4.69, 9.17) is 16.6 Å². The second-order valence-corrected chi connectivity index (χ2v) is 39.9. The number of aryl methyl sites for hydroxylation is 5. The largest absolute Gasteiger partial charge is 0.384 e. The maximum Gasteiger partial charge on any atom is 0.141 e. The van der Waals surface area contributed by atoms with Gasteiger partial charge in [-0.2, -0.15) is 0 Å². The monoisotopic (exact) mass is 1600 g/mol. The molecule has 13 rings (SSSR count). The van der Waals surface area contributed by atoms with Crippen LogP contribution in [0, 0.1) is 24.5 Å². The summed E-state index contributed by atoms with van der Waals surface area (Å²) in [4.78, 5) is 34.1. The van der Waals surface area contributed by atoms with Gasteiger partial charge in [-0.05, 0) is 170 Å². The van der Waals surface area contributed by atoms with Gasteiger partial charge in [0.05, 0.1) is 16.4 Å². The normalized spacial score (nSPS) is 14.0. The van der Waals surface area contributed by atoms with Crippen molar-refractivity contribution >= 4 is 130 Å². The van der Waals surface area contributed by atoms with Gasteiger partial charge in [0.15, 0.2) is 0 Å². The molecule has 4 N–H and O–H groups in total. The molecule has 0 atom stereocenters. The van der Waals surface area contributed by atoms with Crippen LogP contribution in [0.2, 0.25) is 18.3 Å². The number of nitrogens with one attached hydrogen (secondary N) is 1. The van der Waals surface area contributed by atoms with Crippen molar-refractivity contribution in [3.05, 3.63) is 176 Å². The molecule has 0 aromatic carbocycles. The third-order valence-corrected chi connectivity index (χ3v) is 35.2. The van der Waals surface area contributed by atoms with Crippen LogP contribution in [0.1, 0.15) is 193 Å². The molecule has 3 saturated carbocycles. The minimum Gasteiger partial charge on any atom is -0.384 e. The first-order chi connectivity index (χ1) is 44.8. The number of aromatic amines is 1. The molecule has 96 heavy (non-hydrogen) atoms. The van der Waals surface area contributed by atoms with E-state index < -0.39 is 35.2 Å². The van der Waals surface area contributed by atoms with Crippen molar-refractivity contribution < 1.29 is 15.3 Å². The summed E-state index contributed by atoms with van der Waals surface area (Å²) in [5.74, 6) is 0. The molecule has 0 bridgehead atoms. The Bertz CT molecular complexity index is 3840. The third-order valence-electron chi connectivity index (χ3n) is 18.2. The van der Waals surface area contributed by atoms with Gasteiger partial charge in [0.1, 0.15) is 31.8 Å². The van der Waals surface area contributed by atoms with E-state index >= 15 is 0 Å². The first kappa shape index (κ1) is 85.3. The van der Waals surface area contributed by atoms with Gasteiger partial charge in [0.2, 0.25) is 0 Å². The van der Waals surface area contributed by atoms with Crippen molar-refractivity contribution in [1.82, 2.24) is 49.0 Å². The number of hydrogen-bond acceptors (Lipinski definition) is 10. The van der Waals surface area contributed by atoms with Crippen LogP contribution < -0.4 is 3.58 Å². The Kier molecular flexibility index (Phi) is 36.4. The van der Waals surface area contributed by atoms with Gasteiger partial charge in [-0.25, -0.2) is 19.9 Å². The molecule has 10 aromatic heterocycles. The van der Waals surface area contributed by atoms with Gasteiger partial charge >= 0.3 is 154 Å². The number of hydrogen-bond donors (Lipinski definition) is 4. The van der Waals surface area contributed by atoms with Crippen molar-refractivity contribution in [1.29, 1.82) is 0 Å². The molecule has 0 aliphatic heterocycles. The number of H-pyrrole nitrogens is 1. The van der Waals surface area contributed by atoms with Crippen LogP contribution in [0.5, 0.6) is 0 Å². The second kappa shape index (κ2) is 40.9. The fourth-order valence-electron chi connectivity index (χ4n) is 12.0. The molecule has 3 aliphatic carbocycles. The zero-order valence-electron chi connectivity index (χ0n) is 59.6. The predicted molar refractivity (Wildman–Crippen MR) is 421 cm³/mol. The van der Waals surface area contributed by atoms with E-state index in [0.29, 0.717) is 0 Å². The van der Waals surface area contributed by atoms with Crippen LogP contribution in [0.3, 0.4) is 0 Å². The first-order valence-electron chi connectivity index (χ1n) is 34.1. The molecule has 10 aromatic rings. The number of unbranched alkanes of at least 4 members (excludes halogenated alkanes) is 3. The molecule has 0 amide bonds. The summed E-state index contributed by atoms with van der Waals surface area (Å²) >= 11 is 9.09. The van der Waals surface area contributed by atoms with E-state index in [2.05, 4.69) is 142 Å². The Morgan fingerprint density at radius 2 is 0.927 bits per heavy atom. The SMILES string of the molecule is Brc1ccc(I)nc1.CC.CC.CC.CCC[CH2][Sn]([CH2]CCC)([CH2]CCC)[c]1ccc(C2(O)CCC2)nc1.Cc1cc2c(-c3ccc(C4(O)CCC4)nc3)ccnc2[nH]1.Cc1cc2c(-c3ccc(C4(O)CCC4)nc3)ccnc2n1C.Cc1cc2c(Cl)ccnc2n1C.[B].[B].[B]. The van der Waals surface area contributed by atoms with E-state index in [9.17, 15) is 15.3 Å². The molecule has 20 heteroatoms. The van der Waals surface area contributed by atoms with E-state index in [0.717, 1.165) is 149 Å². The van der Waals surface area contributed by atoms with Gasteiger partial charge in [-0.3, -0.25) is 9.97 Å². The molecular weight excluding hydrogens is 1490 g/mol. The molecule has 3 aliphatic rings. The minimum absolute atomic E-state index is 0. The summed E-state index contributed by atoms with van der Waals surface area (Å²) < 4.78 is 12.2. The quantitative estimate of drug-likeness (QED) is 0.0439. The summed E-state index contributed by atoms with van der Waals surface area (Å²) in [6.45, 7) is 25.1. The first-order valence-corrected chi connectivity index (χ1v) is 43.8. The number of pyridine rings is 7. The fourth-order valence-corrected chi connectivity index (χ4v) is 28.4. The predicted octanol–water partition coefficient (Wildman–Crippen LogP) is 19.0. The number of aliphatic hydroxyl groups is 3. The van der Waals surface area contributed by atoms with Crippen LogP contribution in [-0.4, -0.2) is 108 Å². The van der Waals surface area contributed by atoms with Crippen LogP contribution in [0.4, 0.5) is 0 Å². The number of halogens is 3. The van der Waals surface area contributed by atoms with Gasteiger partial charge in [-0.1, -0.05) is 65.3 Å². The Balaban J connectivity index is 0.000000314. The summed E-state index contributed by atoms with van der Waals surface area (Å²) in [6, 6.07) is 28.6. The summed E-state index contributed by atoms with van der Waals surface area (Å²) in [6.07, 6.45) is 29.4. The molecule has 0 unspecified atom stereocenters. The fraction of sp³-hybridized carbons (Fsp3) is 0.461. The van der Waals surface area contributed by atoms with Crippen molar-refractivity contribution in [2.75, 3.05) is 0 Å². The molecular formula is C76H103B3BrClIN10O3Sn. The minimum atomic E-state index is -2.34. The number of nitrogens with zero attached hydrogens (tertiary/aromatic N) is 9. The van der Waals surface area contributed by atoms with E-state index in [1.807, 2.05) is 147 Å². The Morgan fingerprint density at radius 3 is 1.30 bits per heavy atom. The molecule has 509 valence electrons. The zero-order valence-corrected chi connectivity index (χ0v) is 66.9. The van der Waals surface area contributed by atoms with Crippen molar-refractivity contribution in [2.24, 2.45) is 14.1 Å². The molecule has 0 saturated heterocycles. The number of fused-ring (bicyclic) bond motifs is 3. The molecule has 3 fully saturated rings. The maximum absolute atomic E-state index is 10.6. The van der Waals surface area contributed by atoms with Gasteiger partial charge in [-0.15, -0.1) is 0 Å². The average molecular weight is 1600 g/mol. The molecule has 13 nitrogen and oxygen atoms in total. The standard InChI is InChI=1S/C18H19N3O.C17H17N3O.C9H9ClN2.C9H10NO.C5H3BrIN.3C4H9.3C2H6.3B.Sn/c1-12-10-15-14(6-9-19-17(15)21(12)2)13-4-5-16(20-11-13)18(22)7-3-8-18;1-11-9-14-13(5-8-18-16(14)20-11)12-3-4-15(19-10-12)17(21)6-2-7-17;1-6-5-7-8(10)3-4-11-9(7)12(6)2;11-9(5-3-6-9)8-4-1-2-7-10-8;6-4-1-2-5(7)8-3-4;3*1-3-4-2;3*1-2;;;;/h4-6,9-11,22H,3,7-8H2,1-2H3;3-5,8-10,21H,2,6-7H2,1H3,(H,18,20);3-5H,1-2H3;1,4,7,11H,3,5-6H2;1-3H;3*1,3-4H2,2H3;3*1-2H3;;;;. The Morgan fingerprint density at radius 1 is 0.510 bits per heavy atom. The zero-order chi connectivity index (χ0) is 67.9. The third kappa shape index (κ3) is 21.3. The maximum atomic E-state index is 10.6. The molecule has 0 spiro atoms. The molecule has 10 heterocycles. The van der Waals surface area contributed by atoms with E-state index in [-0.39, 0.29) is 25.2 Å². The van der Waals surface area contributed by atoms with Crippen LogP contribution in [0.15, 0.2) is 133 Å². The van der Waals surface area contributed by atoms with Gasteiger partial charge in [0, 0.05) is 125 Å². The topological polar surface area (TPSA) is 177 Å². The van der Waals surface area contributed by atoms with Crippen LogP contribution in [0.25, 0.3) is 55.4 Å². The second-order valence-electron chi connectivity index (χ2n) is 24.2. The smallest absolute Gasteiger partial charge is 0.141 e. The average Bonchev–Trinajstić information content (AvgIpc) is 1.63. The summed E-state index contributed by atoms with van der Waals surface area (Å²) in [5, 5.41) is 35.3. The van der Waals surface area contributed by atoms with E-state index in [1.54, 1.807) is 22.2 Å². The van der Waals surface area contributed by atoms with E-state index in [1.165, 1.54) is 63.2 Å². The Labute approximate surface area is 611 Å². The summed E-state index contributed by atoms with van der Waals surface area (Å²) in [5.41, 5.74) is 11.1. The van der Waals surface area contributed by atoms with Crippen molar-refractivity contribution in [2.45, 2.75) is 210 Å².